The molecule has 1 heterocycles. The van der Waals surface area contributed by atoms with E-state index in [1.54, 1.807) is 12.1 Å². The number of nitrogens with one attached hydrogen (secondary N) is 1. The highest BCUT2D eigenvalue weighted by molar-refractivity contribution is 5.20. The molecular formula is C17H27FN2. The topological polar surface area (TPSA) is 15.3 Å². The van der Waals surface area contributed by atoms with E-state index in [0.717, 1.165) is 24.4 Å². The van der Waals surface area contributed by atoms with Crippen molar-refractivity contribution in [3.63, 3.8) is 0 Å². The van der Waals surface area contributed by atoms with Crippen molar-refractivity contribution in [2.45, 2.75) is 45.2 Å². The number of piperidine rings is 1. The summed E-state index contributed by atoms with van der Waals surface area (Å²) in [5.74, 6) is 0.649. The van der Waals surface area contributed by atoms with Crippen molar-refractivity contribution in [2.24, 2.45) is 5.92 Å². The minimum atomic E-state index is -0.150. The molecule has 112 valence electrons. The first-order valence-corrected chi connectivity index (χ1v) is 7.77. The van der Waals surface area contributed by atoms with Crippen molar-refractivity contribution < 1.29 is 4.39 Å². The first kappa shape index (κ1) is 15.5. The van der Waals surface area contributed by atoms with Gasteiger partial charge in [0.25, 0.3) is 0 Å². The molecule has 3 heteroatoms. The van der Waals surface area contributed by atoms with Gasteiger partial charge in [0.15, 0.2) is 0 Å². The van der Waals surface area contributed by atoms with E-state index >= 15 is 0 Å². The van der Waals surface area contributed by atoms with Gasteiger partial charge < -0.3 is 10.2 Å². The summed E-state index contributed by atoms with van der Waals surface area (Å²) in [5.41, 5.74) is 1.05. The van der Waals surface area contributed by atoms with E-state index < -0.39 is 0 Å². The van der Waals surface area contributed by atoms with Crippen LogP contribution in [0, 0.1) is 11.7 Å². The van der Waals surface area contributed by atoms with Crippen LogP contribution < -0.4 is 5.32 Å². The molecule has 0 saturated carbocycles. The van der Waals surface area contributed by atoms with Crippen LogP contribution in [-0.4, -0.2) is 31.1 Å². The van der Waals surface area contributed by atoms with Crippen molar-refractivity contribution in [2.75, 3.05) is 20.1 Å². The normalized spacial score (nSPS) is 25.6. The molecule has 2 nitrogen and oxygen atoms in total. The van der Waals surface area contributed by atoms with Crippen LogP contribution in [0.15, 0.2) is 24.3 Å². The maximum atomic E-state index is 13.3. The summed E-state index contributed by atoms with van der Waals surface area (Å²) in [4.78, 5) is 2.58. The molecule has 20 heavy (non-hydrogen) atoms. The third kappa shape index (κ3) is 4.03. The fourth-order valence-electron chi connectivity index (χ4n) is 3.19. The SMILES string of the molecule is CNC(CCN1CC(C)CCC1C)c1cccc(F)c1. The highest BCUT2D eigenvalue weighted by Gasteiger charge is 2.23. The second-order valence-electron chi connectivity index (χ2n) is 6.21. The number of likely N-dealkylation sites (tertiary alicyclic amines) is 1. The van der Waals surface area contributed by atoms with E-state index in [9.17, 15) is 4.39 Å². The second-order valence-corrected chi connectivity index (χ2v) is 6.21. The van der Waals surface area contributed by atoms with Crippen LogP contribution in [0.4, 0.5) is 4.39 Å². The first-order valence-electron chi connectivity index (χ1n) is 7.77. The zero-order valence-corrected chi connectivity index (χ0v) is 12.9. The lowest BCUT2D eigenvalue weighted by Crippen LogP contribution is -2.42. The van der Waals surface area contributed by atoms with E-state index in [2.05, 4.69) is 24.1 Å². The Balaban J connectivity index is 1.93. The zero-order valence-electron chi connectivity index (χ0n) is 12.9. The van der Waals surface area contributed by atoms with Crippen LogP contribution in [0.1, 0.15) is 44.7 Å². The summed E-state index contributed by atoms with van der Waals surface area (Å²) in [6, 6.07) is 7.85. The summed E-state index contributed by atoms with van der Waals surface area (Å²) in [5, 5.41) is 3.32. The van der Waals surface area contributed by atoms with Gasteiger partial charge in [-0.15, -0.1) is 0 Å². The van der Waals surface area contributed by atoms with Crippen LogP contribution in [0.2, 0.25) is 0 Å². The van der Waals surface area contributed by atoms with Gasteiger partial charge in [0, 0.05) is 25.2 Å². The average Bonchev–Trinajstić information content (AvgIpc) is 2.43. The van der Waals surface area contributed by atoms with Gasteiger partial charge in [0.2, 0.25) is 0 Å². The molecule has 1 aromatic rings. The fourth-order valence-corrected chi connectivity index (χ4v) is 3.19. The molecule has 1 N–H and O–H groups in total. The highest BCUT2D eigenvalue weighted by Crippen LogP contribution is 2.24. The molecule has 0 radical (unpaired) electrons. The highest BCUT2D eigenvalue weighted by atomic mass is 19.1. The molecule has 1 aromatic carbocycles. The molecule has 0 aliphatic carbocycles. The van der Waals surface area contributed by atoms with Gasteiger partial charge in [0.05, 0.1) is 0 Å². The number of benzene rings is 1. The lowest BCUT2D eigenvalue weighted by Gasteiger charge is -2.37. The molecule has 1 aliphatic rings. The molecule has 0 amide bonds. The number of rotatable bonds is 5. The van der Waals surface area contributed by atoms with E-state index in [1.807, 2.05) is 13.1 Å². The van der Waals surface area contributed by atoms with Gasteiger partial charge in [0.1, 0.15) is 5.82 Å². The Hall–Kier alpha value is -0.930. The van der Waals surface area contributed by atoms with Crippen LogP contribution in [0.5, 0.6) is 0 Å². The molecule has 1 aliphatic heterocycles. The standard InChI is InChI=1S/C17H27FN2/c1-13-7-8-14(2)20(12-13)10-9-17(19-3)15-5-4-6-16(18)11-15/h4-6,11,13-14,17,19H,7-10,12H2,1-3H3. The molecule has 0 bridgehead atoms. The lowest BCUT2D eigenvalue weighted by atomic mass is 9.94. The van der Waals surface area contributed by atoms with Crippen molar-refractivity contribution in [3.8, 4) is 0 Å². The molecular weight excluding hydrogens is 251 g/mol. The summed E-state index contributed by atoms with van der Waals surface area (Å²) < 4.78 is 13.3. The predicted molar refractivity (Wildman–Crippen MR) is 82.3 cm³/mol. The summed E-state index contributed by atoms with van der Waals surface area (Å²) in [6.07, 6.45) is 3.67. The molecule has 0 spiro atoms. The molecule has 3 atom stereocenters. The average molecular weight is 278 g/mol. The number of hydrogen-bond acceptors (Lipinski definition) is 2. The maximum Gasteiger partial charge on any atom is 0.123 e. The largest absolute Gasteiger partial charge is 0.313 e. The van der Waals surface area contributed by atoms with Crippen molar-refractivity contribution >= 4 is 0 Å². The van der Waals surface area contributed by atoms with Crippen LogP contribution >= 0.6 is 0 Å². The lowest BCUT2D eigenvalue weighted by molar-refractivity contribution is 0.119. The summed E-state index contributed by atoms with van der Waals surface area (Å²) in [7, 11) is 1.96. The molecule has 1 fully saturated rings. The monoisotopic (exact) mass is 278 g/mol. The maximum absolute atomic E-state index is 13.3. The molecule has 1 saturated heterocycles. The van der Waals surface area contributed by atoms with Gasteiger partial charge in [-0.1, -0.05) is 19.1 Å². The number of halogens is 1. The Labute approximate surface area is 122 Å². The Morgan fingerprint density at radius 1 is 1.35 bits per heavy atom. The Morgan fingerprint density at radius 3 is 2.85 bits per heavy atom. The third-order valence-corrected chi connectivity index (χ3v) is 4.55. The van der Waals surface area contributed by atoms with Crippen molar-refractivity contribution in [1.29, 1.82) is 0 Å². The van der Waals surface area contributed by atoms with Gasteiger partial charge in [-0.05, 0) is 56.8 Å². The minimum absolute atomic E-state index is 0.150. The van der Waals surface area contributed by atoms with Crippen LogP contribution in [0.25, 0.3) is 0 Å². The number of hydrogen-bond donors (Lipinski definition) is 1. The smallest absolute Gasteiger partial charge is 0.123 e. The molecule has 3 unspecified atom stereocenters. The Kier molecular flexibility index (Phi) is 5.55. The predicted octanol–water partition coefficient (Wildman–Crippen LogP) is 3.60. The van der Waals surface area contributed by atoms with E-state index in [1.165, 1.54) is 25.5 Å². The van der Waals surface area contributed by atoms with Gasteiger partial charge in [-0.25, -0.2) is 4.39 Å². The van der Waals surface area contributed by atoms with E-state index in [4.69, 9.17) is 0 Å². The third-order valence-electron chi connectivity index (χ3n) is 4.55. The van der Waals surface area contributed by atoms with Crippen LogP contribution in [-0.2, 0) is 0 Å². The van der Waals surface area contributed by atoms with Gasteiger partial charge in [-0.3, -0.25) is 0 Å². The molecule has 2 rings (SSSR count). The van der Waals surface area contributed by atoms with E-state index in [-0.39, 0.29) is 11.9 Å². The first-order chi connectivity index (χ1) is 9.60. The summed E-state index contributed by atoms with van der Waals surface area (Å²) >= 11 is 0. The fraction of sp³-hybridized carbons (Fsp3) is 0.647. The minimum Gasteiger partial charge on any atom is -0.313 e. The van der Waals surface area contributed by atoms with Gasteiger partial charge in [-0.2, -0.15) is 0 Å². The second kappa shape index (κ2) is 7.19. The van der Waals surface area contributed by atoms with Crippen LogP contribution in [0.3, 0.4) is 0 Å². The number of nitrogens with zero attached hydrogens (tertiary/aromatic N) is 1. The Bertz CT molecular complexity index is 421. The van der Waals surface area contributed by atoms with Gasteiger partial charge >= 0.3 is 0 Å². The van der Waals surface area contributed by atoms with Crippen molar-refractivity contribution in [3.05, 3.63) is 35.6 Å². The molecule has 0 aromatic heterocycles. The zero-order chi connectivity index (χ0) is 14.5. The van der Waals surface area contributed by atoms with E-state index in [0.29, 0.717) is 6.04 Å². The quantitative estimate of drug-likeness (QED) is 0.885. The Morgan fingerprint density at radius 2 is 2.15 bits per heavy atom. The van der Waals surface area contributed by atoms with Crippen molar-refractivity contribution in [1.82, 2.24) is 10.2 Å². The summed E-state index contributed by atoms with van der Waals surface area (Å²) in [6.45, 7) is 6.93.